The average molecular weight is 374 g/mol. The van der Waals surface area contributed by atoms with Crippen molar-refractivity contribution < 1.29 is 4.57 Å². The van der Waals surface area contributed by atoms with Crippen molar-refractivity contribution in [1.82, 2.24) is 4.98 Å². The molecule has 2 aromatic carbocycles. The van der Waals surface area contributed by atoms with E-state index in [0.29, 0.717) is 5.92 Å². The molecule has 1 heterocycles. The van der Waals surface area contributed by atoms with Gasteiger partial charge in [-0.3, -0.25) is 0 Å². The van der Waals surface area contributed by atoms with Gasteiger partial charge < -0.3 is 0 Å². The van der Waals surface area contributed by atoms with Crippen LogP contribution in [-0.2, 0) is 12.5 Å². The van der Waals surface area contributed by atoms with Crippen molar-refractivity contribution in [2.75, 3.05) is 0 Å². The van der Waals surface area contributed by atoms with Crippen LogP contribution in [0.2, 0.25) is 0 Å². The van der Waals surface area contributed by atoms with E-state index in [-0.39, 0.29) is 5.41 Å². The van der Waals surface area contributed by atoms with Crippen LogP contribution < -0.4 is 4.57 Å². The third-order valence-corrected chi connectivity index (χ3v) is 6.57. The maximum Gasteiger partial charge on any atom is 0.331 e. The third kappa shape index (κ3) is 3.34. The lowest BCUT2D eigenvalue weighted by Gasteiger charge is -2.21. The van der Waals surface area contributed by atoms with Gasteiger partial charge in [-0.1, -0.05) is 51.8 Å². The highest BCUT2D eigenvalue weighted by Gasteiger charge is 2.25. The van der Waals surface area contributed by atoms with Gasteiger partial charge in [0.15, 0.2) is 5.52 Å². The normalized spacial score (nSPS) is 15.5. The molecule has 3 aromatic rings. The van der Waals surface area contributed by atoms with Crippen molar-refractivity contribution >= 4 is 10.9 Å². The zero-order valence-corrected chi connectivity index (χ0v) is 18.3. The molecule has 0 spiro atoms. The van der Waals surface area contributed by atoms with Crippen molar-refractivity contribution in [3.8, 4) is 11.4 Å². The molecule has 0 unspecified atom stereocenters. The Morgan fingerprint density at radius 1 is 1.04 bits per heavy atom. The Morgan fingerprint density at radius 3 is 2.43 bits per heavy atom. The van der Waals surface area contributed by atoms with Crippen LogP contribution in [0, 0.1) is 13.8 Å². The quantitative estimate of drug-likeness (QED) is 0.482. The Labute approximate surface area is 169 Å². The molecule has 0 N–H and O–H groups in total. The van der Waals surface area contributed by atoms with E-state index < -0.39 is 0 Å². The molecule has 0 atom stereocenters. The first-order chi connectivity index (χ1) is 13.3. The molecule has 0 saturated heterocycles. The van der Waals surface area contributed by atoms with Gasteiger partial charge in [-0.15, -0.1) is 0 Å². The van der Waals surface area contributed by atoms with Gasteiger partial charge in [0.25, 0.3) is 0 Å². The van der Waals surface area contributed by atoms with Crippen molar-refractivity contribution in [3.63, 3.8) is 0 Å². The van der Waals surface area contributed by atoms with E-state index in [1.54, 1.807) is 0 Å². The molecule has 2 heteroatoms. The molecule has 0 amide bonds. The molecule has 28 heavy (non-hydrogen) atoms. The fraction of sp³-hybridized carbons (Fsp3) is 0.462. The van der Waals surface area contributed by atoms with Gasteiger partial charge in [0, 0.05) is 0 Å². The lowest BCUT2D eigenvalue weighted by molar-refractivity contribution is -0.661. The number of aryl methyl sites for hydroxylation is 2. The van der Waals surface area contributed by atoms with Crippen LogP contribution in [0.15, 0.2) is 36.5 Å². The largest absolute Gasteiger partial charge is 0.331 e. The lowest BCUT2D eigenvalue weighted by atomic mass is 9.83. The van der Waals surface area contributed by atoms with Crippen LogP contribution in [0.5, 0.6) is 0 Å². The van der Waals surface area contributed by atoms with Crippen LogP contribution in [0.25, 0.3) is 22.3 Å². The van der Waals surface area contributed by atoms with Gasteiger partial charge in [-0.05, 0) is 77.4 Å². The van der Waals surface area contributed by atoms with Crippen molar-refractivity contribution in [2.45, 2.75) is 71.6 Å². The highest BCUT2D eigenvalue weighted by molar-refractivity contribution is 5.82. The molecule has 1 saturated carbocycles. The summed E-state index contributed by atoms with van der Waals surface area (Å²) >= 11 is 0. The summed E-state index contributed by atoms with van der Waals surface area (Å²) in [5.74, 6) is 1.76. The molecular weight excluding hydrogens is 340 g/mol. The maximum atomic E-state index is 5.17. The Balaban J connectivity index is 1.91. The predicted octanol–water partition coefficient (Wildman–Crippen LogP) is 6.30. The van der Waals surface area contributed by atoms with Crippen LogP contribution in [-0.4, -0.2) is 4.98 Å². The fourth-order valence-electron chi connectivity index (χ4n) is 4.62. The standard InChI is InChI=1S/C26H33N2/c1-17-14-20(26(3,4)5)15-22(18(17)2)25-27-24-13-9-12-21(19-10-7-8-11-19)23(24)16-28(25)6/h9,12-16,19H,7-8,10-11H2,1-6H3/q+1. The first-order valence-electron chi connectivity index (χ1n) is 10.7. The number of hydrogen-bond donors (Lipinski definition) is 0. The molecule has 0 aliphatic heterocycles. The van der Waals surface area contributed by atoms with Gasteiger partial charge >= 0.3 is 5.82 Å². The summed E-state index contributed by atoms with van der Waals surface area (Å²) in [6.07, 6.45) is 7.66. The predicted molar refractivity (Wildman–Crippen MR) is 118 cm³/mol. The topological polar surface area (TPSA) is 16.8 Å². The lowest BCUT2D eigenvalue weighted by Crippen LogP contribution is -2.32. The van der Waals surface area contributed by atoms with E-state index in [1.807, 2.05) is 0 Å². The van der Waals surface area contributed by atoms with Crippen molar-refractivity contribution in [1.29, 1.82) is 0 Å². The summed E-state index contributed by atoms with van der Waals surface area (Å²) in [5, 5.41) is 1.32. The Morgan fingerprint density at radius 2 is 1.75 bits per heavy atom. The molecule has 0 radical (unpaired) electrons. The van der Waals surface area contributed by atoms with Gasteiger partial charge in [0.05, 0.1) is 18.0 Å². The van der Waals surface area contributed by atoms with Gasteiger partial charge in [0.2, 0.25) is 0 Å². The smallest absolute Gasteiger partial charge is 0.232 e. The molecule has 1 aromatic heterocycles. The fourth-order valence-corrected chi connectivity index (χ4v) is 4.62. The first kappa shape index (κ1) is 19.1. The first-order valence-corrected chi connectivity index (χ1v) is 10.7. The minimum Gasteiger partial charge on any atom is -0.232 e. The molecule has 2 nitrogen and oxygen atoms in total. The molecule has 1 aliphatic carbocycles. The summed E-state index contributed by atoms with van der Waals surface area (Å²) in [6, 6.07) is 11.4. The van der Waals surface area contributed by atoms with E-state index in [0.717, 1.165) is 11.3 Å². The van der Waals surface area contributed by atoms with Crippen LogP contribution in [0.1, 0.15) is 74.6 Å². The van der Waals surface area contributed by atoms with Crippen molar-refractivity contribution in [3.05, 3.63) is 58.8 Å². The molecule has 0 bridgehead atoms. The van der Waals surface area contributed by atoms with Gasteiger partial charge in [0.1, 0.15) is 6.20 Å². The molecule has 1 fully saturated rings. The Hall–Kier alpha value is -2.22. The number of rotatable bonds is 2. The van der Waals surface area contributed by atoms with E-state index >= 15 is 0 Å². The highest BCUT2D eigenvalue weighted by atomic mass is 15.0. The summed E-state index contributed by atoms with van der Waals surface area (Å²) in [4.78, 5) is 5.17. The average Bonchev–Trinajstić information content (AvgIpc) is 3.16. The SMILES string of the molecule is Cc1cc(C(C)(C)C)cc(-c2nc3cccc(C4CCCC4)c3c[n+]2C)c1C. The summed E-state index contributed by atoms with van der Waals surface area (Å²) in [6.45, 7) is 11.3. The van der Waals surface area contributed by atoms with E-state index in [2.05, 4.69) is 82.8 Å². The second-order valence-electron chi connectivity index (χ2n) is 9.65. The summed E-state index contributed by atoms with van der Waals surface area (Å²) < 4.78 is 2.23. The zero-order valence-electron chi connectivity index (χ0n) is 18.3. The molecule has 146 valence electrons. The zero-order chi connectivity index (χ0) is 20.1. The number of hydrogen-bond acceptors (Lipinski definition) is 1. The molecule has 4 rings (SSSR count). The minimum atomic E-state index is 0.123. The monoisotopic (exact) mass is 373 g/mol. The van der Waals surface area contributed by atoms with E-state index in [1.165, 1.54) is 58.9 Å². The number of nitrogens with zero attached hydrogens (tertiary/aromatic N) is 2. The number of benzene rings is 2. The molecule has 1 aliphatic rings. The Kier molecular flexibility index (Phi) is 4.77. The molecular formula is C26H33N2+. The summed E-state index contributed by atoms with van der Waals surface area (Å²) in [7, 11) is 2.14. The van der Waals surface area contributed by atoms with Gasteiger partial charge in [-0.2, -0.15) is 0 Å². The van der Waals surface area contributed by atoms with Crippen LogP contribution in [0.3, 0.4) is 0 Å². The van der Waals surface area contributed by atoms with Crippen molar-refractivity contribution in [2.24, 2.45) is 7.05 Å². The number of fused-ring (bicyclic) bond motifs is 1. The van der Waals surface area contributed by atoms with Gasteiger partial charge in [-0.25, -0.2) is 4.57 Å². The van der Waals surface area contributed by atoms with Crippen LogP contribution >= 0.6 is 0 Å². The highest BCUT2D eigenvalue weighted by Crippen LogP contribution is 2.37. The van der Waals surface area contributed by atoms with Crippen LogP contribution in [0.4, 0.5) is 0 Å². The Bertz CT molecular complexity index is 1030. The minimum absolute atomic E-state index is 0.123. The maximum absolute atomic E-state index is 5.17. The number of aromatic nitrogens is 2. The van der Waals surface area contributed by atoms with E-state index in [9.17, 15) is 0 Å². The second kappa shape index (κ2) is 6.99. The third-order valence-electron chi connectivity index (χ3n) is 6.57. The second-order valence-corrected chi connectivity index (χ2v) is 9.65. The van der Waals surface area contributed by atoms with E-state index in [4.69, 9.17) is 4.98 Å². The summed E-state index contributed by atoms with van der Waals surface area (Å²) in [5.41, 5.74) is 8.01.